The summed E-state index contributed by atoms with van der Waals surface area (Å²) in [6, 6.07) is 2.37. The lowest BCUT2D eigenvalue weighted by atomic mass is 9.88. The Balaban J connectivity index is 1.74. The van der Waals surface area contributed by atoms with E-state index in [1.807, 2.05) is 0 Å². The van der Waals surface area contributed by atoms with Gasteiger partial charge in [0.1, 0.15) is 5.82 Å². The Labute approximate surface area is 121 Å². The van der Waals surface area contributed by atoms with Gasteiger partial charge in [-0.05, 0) is 23.5 Å². The van der Waals surface area contributed by atoms with Gasteiger partial charge >= 0.3 is 0 Å². The maximum Gasteiger partial charge on any atom is 0.220 e. The van der Waals surface area contributed by atoms with Crippen molar-refractivity contribution in [2.75, 3.05) is 20.2 Å². The van der Waals surface area contributed by atoms with Gasteiger partial charge in [-0.2, -0.15) is 0 Å². The molecule has 2 atom stereocenters. The summed E-state index contributed by atoms with van der Waals surface area (Å²) < 4.78 is 21.3. The second-order valence-corrected chi connectivity index (χ2v) is 6.09. The largest absolute Gasteiger partial charge is 0.481 e. The van der Waals surface area contributed by atoms with Gasteiger partial charge < -0.3 is 4.74 Å². The minimum atomic E-state index is -0.239. The van der Waals surface area contributed by atoms with E-state index in [-0.39, 0.29) is 5.82 Å². The van der Waals surface area contributed by atoms with E-state index in [0.717, 1.165) is 13.1 Å². The molecule has 104 valence electrons. The van der Waals surface area contributed by atoms with Gasteiger partial charge in [0.2, 0.25) is 5.88 Å². The zero-order valence-electron chi connectivity index (χ0n) is 10.6. The van der Waals surface area contributed by atoms with Crippen LogP contribution in [0.4, 0.5) is 4.39 Å². The number of halogens is 1. The van der Waals surface area contributed by atoms with Crippen molar-refractivity contribution in [2.24, 2.45) is 0 Å². The molecule has 0 amide bonds. The molecule has 0 N–H and O–H groups in total. The third-order valence-electron chi connectivity index (χ3n) is 3.92. The van der Waals surface area contributed by atoms with Crippen molar-refractivity contribution < 1.29 is 9.13 Å². The first-order valence-corrected chi connectivity index (χ1v) is 8.05. The predicted molar refractivity (Wildman–Crippen MR) is 76.6 cm³/mol. The Bertz CT molecular complexity index is 464. The van der Waals surface area contributed by atoms with Crippen LogP contribution in [-0.4, -0.2) is 46.5 Å². The summed E-state index contributed by atoms with van der Waals surface area (Å²) in [6.45, 7) is 2.53. The van der Waals surface area contributed by atoms with Gasteiger partial charge in [0.15, 0.2) is 0 Å². The van der Waals surface area contributed by atoms with Gasteiger partial charge in [-0.25, -0.2) is 13.7 Å². The number of piperazine rings is 1. The molecular formula is C12H16FN3OS2. The Morgan fingerprint density at radius 1 is 1.53 bits per heavy atom. The van der Waals surface area contributed by atoms with Gasteiger partial charge in [0.05, 0.1) is 12.7 Å². The number of piperidine rings is 1. The van der Waals surface area contributed by atoms with Crippen LogP contribution in [0.1, 0.15) is 12.0 Å². The normalized spacial score (nSPS) is 27.1. The fourth-order valence-electron chi connectivity index (χ4n) is 2.93. The number of pyridine rings is 1. The highest BCUT2D eigenvalue weighted by Crippen LogP contribution is 2.37. The van der Waals surface area contributed by atoms with E-state index in [9.17, 15) is 4.39 Å². The van der Waals surface area contributed by atoms with Crippen LogP contribution >= 0.6 is 22.6 Å². The standard InChI is InChI=1S/C12H16FN3OS2/c1-17-12-10(11(13)2-3-14-12)7-16-8-4-9(16)6-15(5-8)19-18/h2-3,8-9,18H,4-7H2,1H3. The Hall–Kier alpha value is -0.500. The van der Waals surface area contributed by atoms with Crippen LogP contribution in [0.2, 0.25) is 0 Å². The van der Waals surface area contributed by atoms with Crippen LogP contribution in [0.3, 0.4) is 0 Å². The number of hydrogen-bond acceptors (Lipinski definition) is 6. The van der Waals surface area contributed by atoms with Gasteiger partial charge in [-0.1, -0.05) is 11.7 Å². The molecule has 2 aliphatic heterocycles. The number of fused-ring (bicyclic) bond motifs is 2. The molecular weight excluding hydrogens is 285 g/mol. The number of methoxy groups -OCH3 is 1. The lowest BCUT2D eigenvalue weighted by molar-refractivity contribution is -0.0476. The molecule has 2 aliphatic rings. The van der Waals surface area contributed by atoms with Crippen molar-refractivity contribution in [1.29, 1.82) is 0 Å². The number of ether oxygens (including phenoxy) is 1. The van der Waals surface area contributed by atoms with Crippen molar-refractivity contribution in [3.8, 4) is 5.88 Å². The lowest BCUT2D eigenvalue weighted by Gasteiger charge is -2.55. The molecule has 1 aromatic heterocycles. The van der Waals surface area contributed by atoms with E-state index >= 15 is 0 Å². The lowest BCUT2D eigenvalue weighted by Crippen LogP contribution is -2.66. The smallest absolute Gasteiger partial charge is 0.220 e. The first kappa shape index (κ1) is 13.5. The highest BCUT2D eigenvalue weighted by atomic mass is 33.1. The Morgan fingerprint density at radius 3 is 2.89 bits per heavy atom. The molecule has 19 heavy (non-hydrogen) atoms. The maximum absolute atomic E-state index is 13.9. The quantitative estimate of drug-likeness (QED) is 0.522. The van der Waals surface area contributed by atoms with E-state index in [1.54, 1.807) is 0 Å². The minimum Gasteiger partial charge on any atom is -0.481 e. The Kier molecular flexibility index (Phi) is 3.88. The molecule has 4 nitrogen and oxygen atoms in total. The fourth-order valence-corrected chi connectivity index (χ4v) is 3.80. The van der Waals surface area contributed by atoms with Gasteiger partial charge in [0.25, 0.3) is 0 Å². The van der Waals surface area contributed by atoms with Crippen molar-refractivity contribution in [3.05, 3.63) is 23.6 Å². The number of rotatable bonds is 4. The van der Waals surface area contributed by atoms with Crippen LogP contribution in [0.25, 0.3) is 0 Å². The van der Waals surface area contributed by atoms with Crippen molar-refractivity contribution >= 4 is 22.6 Å². The SMILES string of the molecule is COc1nccc(F)c1CN1C2CC1CN(SS)C2. The predicted octanol–water partition coefficient (Wildman–Crippen LogP) is 1.98. The molecule has 2 bridgehead atoms. The molecule has 2 unspecified atom stereocenters. The van der Waals surface area contributed by atoms with E-state index in [0.29, 0.717) is 30.1 Å². The summed E-state index contributed by atoms with van der Waals surface area (Å²) in [5.74, 6) is 0.155. The minimum absolute atomic E-state index is 0.239. The second-order valence-electron chi connectivity index (χ2n) is 4.92. The van der Waals surface area contributed by atoms with Gasteiger partial charge in [-0.15, -0.1) is 0 Å². The van der Waals surface area contributed by atoms with E-state index in [4.69, 9.17) is 4.74 Å². The van der Waals surface area contributed by atoms with Crippen LogP contribution in [0.15, 0.2) is 12.3 Å². The summed E-state index contributed by atoms with van der Waals surface area (Å²) >= 11 is 4.24. The molecule has 0 aromatic carbocycles. The first-order chi connectivity index (χ1) is 9.22. The molecule has 0 radical (unpaired) electrons. The molecule has 0 aliphatic carbocycles. The third kappa shape index (κ3) is 2.44. The molecule has 3 rings (SSSR count). The number of hydrogen-bond donors (Lipinski definition) is 1. The Morgan fingerprint density at radius 2 is 2.26 bits per heavy atom. The first-order valence-electron chi connectivity index (χ1n) is 6.22. The molecule has 2 fully saturated rings. The topological polar surface area (TPSA) is 28.6 Å². The zero-order chi connectivity index (χ0) is 13.4. The monoisotopic (exact) mass is 301 g/mol. The highest BCUT2D eigenvalue weighted by Gasteiger charge is 2.44. The fraction of sp³-hybridized carbons (Fsp3) is 0.583. The summed E-state index contributed by atoms with van der Waals surface area (Å²) in [5, 5.41) is 0. The van der Waals surface area contributed by atoms with Crippen LogP contribution < -0.4 is 4.74 Å². The average Bonchev–Trinajstić information content (AvgIpc) is 2.45. The van der Waals surface area contributed by atoms with Crippen LogP contribution in [-0.2, 0) is 6.54 Å². The summed E-state index contributed by atoms with van der Waals surface area (Å²) in [7, 11) is 3.02. The van der Waals surface area contributed by atoms with E-state index in [1.165, 1.54) is 36.8 Å². The molecule has 1 aromatic rings. The zero-order valence-corrected chi connectivity index (χ0v) is 12.3. The third-order valence-corrected chi connectivity index (χ3v) is 5.14. The summed E-state index contributed by atoms with van der Waals surface area (Å²) in [6.07, 6.45) is 2.63. The van der Waals surface area contributed by atoms with Gasteiger partial charge in [0, 0.05) is 37.9 Å². The van der Waals surface area contributed by atoms with Crippen molar-refractivity contribution in [1.82, 2.24) is 14.2 Å². The molecule has 3 heterocycles. The van der Waals surface area contributed by atoms with Crippen LogP contribution in [0, 0.1) is 5.82 Å². The molecule has 7 heteroatoms. The van der Waals surface area contributed by atoms with Crippen molar-refractivity contribution in [3.63, 3.8) is 0 Å². The van der Waals surface area contributed by atoms with E-state index < -0.39 is 0 Å². The number of nitrogens with zero attached hydrogens (tertiary/aromatic N) is 3. The highest BCUT2D eigenvalue weighted by molar-refractivity contribution is 8.67. The average molecular weight is 301 g/mol. The maximum atomic E-state index is 13.9. The van der Waals surface area contributed by atoms with E-state index in [2.05, 4.69) is 25.8 Å². The van der Waals surface area contributed by atoms with Gasteiger partial charge in [-0.3, -0.25) is 4.90 Å². The summed E-state index contributed by atoms with van der Waals surface area (Å²) in [4.78, 5) is 6.42. The number of aromatic nitrogens is 1. The van der Waals surface area contributed by atoms with Crippen LogP contribution in [0.5, 0.6) is 5.88 Å². The van der Waals surface area contributed by atoms with Crippen molar-refractivity contribution in [2.45, 2.75) is 25.0 Å². The second kappa shape index (κ2) is 5.47. The summed E-state index contributed by atoms with van der Waals surface area (Å²) in [5.41, 5.74) is 0.562. The molecule has 0 spiro atoms. The number of likely N-dealkylation sites (tertiary alicyclic amines) is 1. The number of thiol groups is 1. The molecule has 0 saturated carbocycles. The molecule has 2 saturated heterocycles.